The summed E-state index contributed by atoms with van der Waals surface area (Å²) in [5.74, 6) is -0.164. The molecule has 1 aliphatic rings. The highest BCUT2D eigenvalue weighted by Crippen LogP contribution is 2.17. The lowest BCUT2D eigenvalue weighted by Crippen LogP contribution is -2.60. The third-order valence-corrected chi connectivity index (χ3v) is 3.40. The molecule has 1 heterocycles. The summed E-state index contributed by atoms with van der Waals surface area (Å²) in [5.41, 5.74) is 1.34. The molecule has 1 aromatic carbocycles. The molecule has 1 fully saturated rings. The summed E-state index contributed by atoms with van der Waals surface area (Å²) in [4.78, 5) is 2.45. The van der Waals surface area contributed by atoms with Gasteiger partial charge in [-0.3, -0.25) is 4.90 Å². The average molecular weight is 236 g/mol. The normalized spacial score (nSPS) is 24.8. The second-order valence-electron chi connectivity index (χ2n) is 5.65. The minimum atomic E-state index is -0.164. The largest absolute Gasteiger partial charge is 0.309 e. The molecule has 2 nitrogen and oxygen atoms in total. The average Bonchev–Trinajstić information content (AvgIpc) is 2.26. The molecule has 1 aromatic rings. The van der Waals surface area contributed by atoms with Gasteiger partial charge in [0.2, 0.25) is 0 Å². The minimum absolute atomic E-state index is 0.159. The Hall–Kier alpha value is -0.930. The van der Waals surface area contributed by atoms with Crippen LogP contribution in [0.1, 0.15) is 26.3 Å². The van der Waals surface area contributed by atoms with Gasteiger partial charge in [0.1, 0.15) is 5.82 Å². The van der Waals surface area contributed by atoms with Crippen molar-refractivity contribution < 1.29 is 4.39 Å². The lowest BCUT2D eigenvalue weighted by atomic mass is 9.98. The Bertz CT molecular complexity index is 372. The molecule has 17 heavy (non-hydrogen) atoms. The first kappa shape index (κ1) is 12.5. The van der Waals surface area contributed by atoms with E-state index in [1.165, 1.54) is 17.7 Å². The second kappa shape index (κ2) is 4.75. The van der Waals surface area contributed by atoms with E-state index in [1.54, 1.807) is 0 Å². The van der Waals surface area contributed by atoms with Crippen LogP contribution in [0, 0.1) is 5.82 Å². The molecule has 0 bridgehead atoms. The quantitative estimate of drug-likeness (QED) is 0.848. The molecule has 1 atom stereocenters. The Morgan fingerprint density at radius 1 is 1.35 bits per heavy atom. The summed E-state index contributed by atoms with van der Waals surface area (Å²) in [6.07, 6.45) is 0. The first-order chi connectivity index (χ1) is 7.96. The number of rotatable bonds is 2. The van der Waals surface area contributed by atoms with Crippen LogP contribution in [-0.4, -0.2) is 29.6 Å². The van der Waals surface area contributed by atoms with Crippen molar-refractivity contribution in [2.24, 2.45) is 0 Å². The molecule has 0 spiro atoms. The van der Waals surface area contributed by atoms with E-state index >= 15 is 0 Å². The van der Waals surface area contributed by atoms with Crippen LogP contribution >= 0.6 is 0 Å². The molecule has 1 saturated heterocycles. The third-order valence-electron chi connectivity index (χ3n) is 3.40. The highest BCUT2D eigenvalue weighted by Gasteiger charge is 2.29. The van der Waals surface area contributed by atoms with Gasteiger partial charge in [-0.1, -0.05) is 12.1 Å². The van der Waals surface area contributed by atoms with Gasteiger partial charge in [0, 0.05) is 31.2 Å². The number of piperazine rings is 1. The van der Waals surface area contributed by atoms with Crippen LogP contribution in [0.15, 0.2) is 24.3 Å². The van der Waals surface area contributed by atoms with Gasteiger partial charge >= 0.3 is 0 Å². The molecule has 1 unspecified atom stereocenters. The van der Waals surface area contributed by atoms with Gasteiger partial charge in [0.15, 0.2) is 0 Å². The lowest BCUT2D eigenvalue weighted by Gasteiger charge is -2.43. The maximum absolute atomic E-state index is 12.8. The zero-order valence-corrected chi connectivity index (χ0v) is 10.8. The number of hydrogen-bond acceptors (Lipinski definition) is 2. The monoisotopic (exact) mass is 236 g/mol. The molecular weight excluding hydrogens is 215 g/mol. The fraction of sp³-hybridized carbons (Fsp3) is 0.571. The zero-order chi connectivity index (χ0) is 12.5. The van der Waals surface area contributed by atoms with Crippen molar-refractivity contribution in [3.63, 3.8) is 0 Å². The lowest BCUT2D eigenvalue weighted by molar-refractivity contribution is 0.0977. The van der Waals surface area contributed by atoms with Crippen LogP contribution in [0.5, 0.6) is 0 Å². The van der Waals surface area contributed by atoms with Gasteiger partial charge in [-0.05, 0) is 38.5 Å². The molecule has 0 saturated carbocycles. The Morgan fingerprint density at radius 3 is 2.65 bits per heavy atom. The molecule has 1 N–H and O–H groups in total. The molecule has 3 heteroatoms. The molecule has 0 aromatic heterocycles. The first-order valence-electron chi connectivity index (χ1n) is 6.20. The van der Waals surface area contributed by atoms with Crippen molar-refractivity contribution in [2.75, 3.05) is 13.1 Å². The molecule has 0 radical (unpaired) electrons. The Kier molecular flexibility index (Phi) is 3.50. The SMILES string of the molecule is CC1CNC(C)(C)CN1Cc1ccc(F)cc1. The predicted molar refractivity (Wildman–Crippen MR) is 68.4 cm³/mol. The van der Waals surface area contributed by atoms with Crippen molar-refractivity contribution in [1.82, 2.24) is 10.2 Å². The number of halogens is 1. The van der Waals surface area contributed by atoms with E-state index < -0.39 is 0 Å². The van der Waals surface area contributed by atoms with Crippen molar-refractivity contribution in [1.29, 1.82) is 0 Å². The summed E-state index contributed by atoms with van der Waals surface area (Å²) in [6, 6.07) is 7.34. The molecule has 94 valence electrons. The van der Waals surface area contributed by atoms with Crippen LogP contribution in [0.4, 0.5) is 4.39 Å². The summed E-state index contributed by atoms with van der Waals surface area (Å²) < 4.78 is 12.8. The van der Waals surface area contributed by atoms with E-state index in [2.05, 4.69) is 31.0 Å². The van der Waals surface area contributed by atoms with E-state index in [4.69, 9.17) is 0 Å². The summed E-state index contributed by atoms with van der Waals surface area (Å²) in [5, 5.41) is 3.53. The van der Waals surface area contributed by atoms with Crippen LogP contribution in [0.3, 0.4) is 0 Å². The predicted octanol–water partition coefficient (Wildman–Crippen LogP) is 2.40. The first-order valence-corrected chi connectivity index (χ1v) is 6.20. The fourth-order valence-electron chi connectivity index (χ4n) is 2.31. The summed E-state index contributed by atoms with van der Waals surface area (Å²) >= 11 is 0. The highest BCUT2D eigenvalue weighted by atomic mass is 19.1. The molecular formula is C14H21FN2. The van der Waals surface area contributed by atoms with Crippen LogP contribution in [-0.2, 0) is 6.54 Å². The minimum Gasteiger partial charge on any atom is -0.309 e. The van der Waals surface area contributed by atoms with Crippen molar-refractivity contribution in [3.8, 4) is 0 Å². The zero-order valence-electron chi connectivity index (χ0n) is 10.8. The standard InChI is InChI=1S/C14H21FN2/c1-11-8-16-14(2,3)10-17(11)9-12-4-6-13(15)7-5-12/h4-7,11,16H,8-10H2,1-3H3. The second-order valence-corrected chi connectivity index (χ2v) is 5.65. The van der Waals surface area contributed by atoms with E-state index in [9.17, 15) is 4.39 Å². The topological polar surface area (TPSA) is 15.3 Å². The molecule has 0 aliphatic carbocycles. The number of nitrogens with zero attached hydrogens (tertiary/aromatic N) is 1. The van der Waals surface area contributed by atoms with Gasteiger partial charge in [-0.25, -0.2) is 4.39 Å². The van der Waals surface area contributed by atoms with Gasteiger partial charge in [-0.2, -0.15) is 0 Å². The van der Waals surface area contributed by atoms with E-state index in [0.29, 0.717) is 6.04 Å². The van der Waals surface area contributed by atoms with E-state index in [-0.39, 0.29) is 11.4 Å². The molecule has 2 rings (SSSR count). The molecule has 0 amide bonds. The molecule has 1 aliphatic heterocycles. The van der Waals surface area contributed by atoms with E-state index in [0.717, 1.165) is 19.6 Å². The van der Waals surface area contributed by atoms with E-state index in [1.807, 2.05) is 12.1 Å². The smallest absolute Gasteiger partial charge is 0.123 e. The van der Waals surface area contributed by atoms with Crippen LogP contribution in [0.2, 0.25) is 0 Å². The number of nitrogens with one attached hydrogen (secondary N) is 1. The van der Waals surface area contributed by atoms with Crippen molar-refractivity contribution >= 4 is 0 Å². The van der Waals surface area contributed by atoms with Crippen molar-refractivity contribution in [2.45, 2.75) is 38.9 Å². The fourth-order valence-corrected chi connectivity index (χ4v) is 2.31. The van der Waals surface area contributed by atoms with Gasteiger partial charge in [-0.15, -0.1) is 0 Å². The Morgan fingerprint density at radius 2 is 2.00 bits per heavy atom. The summed E-state index contributed by atoms with van der Waals surface area (Å²) in [7, 11) is 0. The number of hydrogen-bond donors (Lipinski definition) is 1. The van der Waals surface area contributed by atoms with Crippen molar-refractivity contribution in [3.05, 3.63) is 35.6 Å². The van der Waals surface area contributed by atoms with Gasteiger partial charge in [0.05, 0.1) is 0 Å². The van der Waals surface area contributed by atoms with Gasteiger partial charge in [0.25, 0.3) is 0 Å². The van der Waals surface area contributed by atoms with Crippen LogP contribution in [0.25, 0.3) is 0 Å². The van der Waals surface area contributed by atoms with Crippen LogP contribution < -0.4 is 5.32 Å². The Balaban J connectivity index is 2.04. The maximum atomic E-state index is 12.8. The Labute approximate surface area is 103 Å². The summed E-state index contributed by atoms with van der Waals surface area (Å²) in [6.45, 7) is 9.59. The highest BCUT2D eigenvalue weighted by molar-refractivity contribution is 5.16. The number of benzene rings is 1. The van der Waals surface area contributed by atoms with Gasteiger partial charge < -0.3 is 5.32 Å². The third kappa shape index (κ3) is 3.27. The maximum Gasteiger partial charge on any atom is 0.123 e.